The summed E-state index contributed by atoms with van der Waals surface area (Å²) in [4.78, 5) is 1.26. The summed E-state index contributed by atoms with van der Waals surface area (Å²) >= 11 is 1.81. The molecule has 0 spiro atoms. The van der Waals surface area contributed by atoms with Crippen molar-refractivity contribution < 1.29 is 9.47 Å². The van der Waals surface area contributed by atoms with Crippen molar-refractivity contribution in [2.75, 3.05) is 6.61 Å². The highest BCUT2D eigenvalue weighted by molar-refractivity contribution is 7.99. The van der Waals surface area contributed by atoms with Crippen molar-refractivity contribution in [3.8, 4) is 5.75 Å². The molecule has 2 nitrogen and oxygen atoms in total. The molecule has 0 aromatic heterocycles. The average Bonchev–Trinajstić information content (AvgIpc) is 2.56. The smallest absolute Gasteiger partial charge is 0.154 e. The van der Waals surface area contributed by atoms with Crippen molar-refractivity contribution in [3.63, 3.8) is 0 Å². The summed E-state index contributed by atoms with van der Waals surface area (Å²) in [5.41, 5.74) is 1.35. The number of hydrogen-bond donors (Lipinski definition) is 0. The van der Waals surface area contributed by atoms with E-state index in [0.29, 0.717) is 5.92 Å². The largest absolute Gasteiger partial charge is 0.479 e. The minimum Gasteiger partial charge on any atom is -0.479 e. The van der Waals surface area contributed by atoms with Gasteiger partial charge in [0.1, 0.15) is 5.75 Å². The van der Waals surface area contributed by atoms with Gasteiger partial charge in [-0.15, -0.1) is 0 Å². The maximum atomic E-state index is 6.29. The molecule has 3 atom stereocenters. The maximum Gasteiger partial charge on any atom is 0.154 e. The van der Waals surface area contributed by atoms with Crippen LogP contribution in [-0.2, 0) is 4.74 Å². The van der Waals surface area contributed by atoms with Gasteiger partial charge in [0, 0.05) is 23.0 Å². The summed E-state index contributed by atoms with van der Waals surface area (Å²) in [6.45, 7) is 0.859. The summed E-state index contributed by atoms with van der Waals surface area (Å²) < 4.78 is 12.4. The first-order valence-corrected chi connectivity index (χ1v) is 8.39. The molecule has 0 radical (unpaired) electrons. The molecule has 2 aromatic rings. The Morgan fingerprint density at radius 2 is 1.76 bits per heavy atom. The zero-order valence-electron chi connectivity index (χ0n) is 11.8. The Labute approximate surface area is 129 Å². The molecule has 108 valence electrons. The molecule has 1 saturated heterocycles. The fraction of sp³-hybridized carbons (Fsp3) is 0.333. The first kappa shape index (κ1) is 13.2. The molecule has 0 amide bonds. The van der Waals surface area contributed by atoms with Gasteiger partial charge < -0.3 is 9.47 Å². The van der Waals surface area contributed by atoms with Crippen molar-refractivity contribution in [2.45, 2.75) is 29.3 Å². The molecule has 1 fully saturated rings. The number of para-hydroxylation sites is 1. The minimum absolute atomic E-state index is 0.132. The maximum absolute atomic E-state index is 6.29. The molecule has 3 heteroatoms. The molecule has 2 aromatic carbocycles. The van der Waals surface area contributed by atoms with Gasteiger partial charge in [-0.05, 0) is 31.0 Å². The second-order valence-electron chi connectivity index (χ2n) is 5.55. The average molecular weight is 298 g/mol. The third-order valence-electron chi connectivity index (χ3n) is 4.18. The van der Waals surface area contributed by atoms with Crippen LogP contribution in [0, 0.1) is 5.92 Å². The molecule has 0 N–H and O–H groups in total. The van der Waals surface area contributed by atoms with Gasteiger partial charge in [-0.25, -0.2) is 0 Å². The van der Waals surface area contributed by atoms with Crippen LogP contribution in [0.25, 0.3) is 0 Å². The van der Waals surface area contributed by atoms with Crippen molar-refractivity contribution in [3.05, 3.63) is 60.2 Å². The lowest BCUT2D eigenvalue weighted by Crippen LogP contribution is -2.37. The van der Waals surface area contributed by atoms with Crippen LogP contribution in [0.2, 0.25) is 0 Å². The number of benzene rings is 2. The second-order valence-corrected chi connectivity index (χ2v) is 6.72. The van der Waals surface area contributed by atoms with E-state index in [1.807, 2.05) is 23.9 Å². The van der Waals surface area contributed by atoms with Crippen LogP contribution in [-0.4, -0.2) is 12.0 Å². The van der Waals surface area contributed by atoms with Gasteiger partial charge in [0.25, 0.3) is 0 Å². The van der Waals surface area contributed by atoms with Crippen molar-refractivity contribution in [1.29, 1.82) is 0 Å². The van der Waals surface area contributed by atoms with Gasteiger partial charge in [-0.2, -0.15) is 0 Å². The third kappa shape index (κ3) is 2.56. The zero-order chi connectivity index (χ0) is 14.1. The Kier molecular flexibility index (Phi) is 3.62. The quantitative estimate of drug-likeness (QED) is 0.803. The first-order valence-electron chi connectivity index (χ1n) is 7.51. The van der Waals surface area contributed by atoms with E-state index in [1.54, 1.807) is 0 Å². The van der Waals surface area contributed by atoms with E-state index in [0.717, 1.165) is 18.8 Å². The van der Waals surface area contributed by atoms with Crippen LogP contribution in [0.15, 0.2) is 59.5 Å². The van der Waals surface area contributed by atoms with E-state index in [4.69, 9.17) is 9.47 Å². The molecule has 0 saturated carbocycles. The number of rotatable bonds is 2. The van der Waals surface area contributed by atoms with Gasteiger partial charge in [-0.3, -0.25) is 0 Å². The second kappa shape index (κ2) is 5.74. The van der Waals surface area contributed by atoms with Crippen LogP contribution in [0.3, 0.4) is 0 Å². The molecule has 2 heterocycles. The minimum atomic E-state index is 0.132. The lowest BCUT2D eigenvalue weighted by atomic mass is 9.87. The molecular weight excluding hydrogens is 280 g/mol. The fourth-order valence-corrected chi connectivity index (χ4v) is 4.37. The predicted octanol–water partition coefficient (Wildman–Crippen LogP) is 4.67. The lowest BCUT2D eigenvalue weighted by Gasteiger charge is -2.41. The van der Waals surface area contributed by atoms with Gasteiger partial charge in [0.2, 0.25) is 0 Å². The van der Waals surface area contributed by atoms with Crippen LogP contribution in [0.1, 0.15) is 24.5 Å². The van der Waals surface area contributed by atoms with Gasteiger partial charge in [0.05, 0.1) is 6.10 Å². The van der Waals surface area contributed by atoms with Crippen molar-refractivity contribution in [1.82, 2.24) is 0 Å². The monoisotopic (exact) mass is 298 g/mol. The van der Waals surface area contributed by atoms with Gasteiger partial charge >= 0.3 is 0 Å². The van der Waals surface area contributed by atoms with Gasteiger partial charge in [0.15, 0.2) is 5.44 Å². The number of thioether (sulfide) groups is 1. The van der Waals surface area contributed by atoms with E-state index in [9.17, 15) is 0 Å². The van der Waals surface area contributed by atoms with Crippen LogP contribution in [0.4, 0.5) is 0 Å². The summed E-state index contributed by atoms with van der Waals surface area (Å²) in [5.74, 6) is 1.41. The van der Waals surface area contributed by atoms with Crippen molar-refractivity contribution in [2.24, 2.45) is 5.92 Å². The Bertz CT molecular complexity index is 614. The number of hydrogen-bond acceptors (Lipinski definition) is 3. The SMILES string of the molecule is c1ccc(S[C@@H]2Oc3ccccc3[C@@H]3OCCC[C@@H]23)cc1. The fourth-order valence-electron chi connectivity index (χ4n) is 3.18. The molecule has 0 aliphatic carbocycles. The molecule has 21 heavy (non-hydrogen) atoms. The standard InChI is InChI=1S/C18H18O2S/c1-2-7-13(8-3-1)21-18-15-10-6-12-19-17(15)14-9-4-5-11-16(14)20-18/h1-5,7-9,11,15,17-18H,6,10,12H2/t15-,17+,18+/m1/s1. The molecular formula is C18H18O2S. The molecule has 0 unspecified atom stereocenters. The first-order chi connectivity index (χ1) is 10.4. The summed E-state index contributed by atoms with van der Waals surface area (Å²) in [5, 5.41) is 0. The highest BCUT2D eigenvalue weighted by Crippen LogP contribution is 2.48. The van der Waals surface area contributed by atoms with Gasteiger partial charge in [-0.1, -0.05) is 48.2 Å². The Hall–Kier alpha value is -1.45. The Morgan fingerprint density at radius 3 is 2.67 bits per heavy atom. The Balaban J connectivity index is 1.65. The molecule has 2 aliphatic rings. The van der Waals surface area contributed by atoms with Crippen LogP contribution >= 0.6 is 11.8 Å². The summed E-state index contributed by atoms with van der Waals surface area (Å²) in [6, 6.07) is 18.8. The molecule has 2 aliphatic heterocycles. The van der Waals surface area contributed by atoms with Crippen molar-refractivity contribution >= 4 is 11.8 Å². The van der Waals surface area contributed by atoms with E-state index in [2.05, 4.69) is 42.5 Å². The summed E-state index contributed by atoms with van der Waals surface area (Å²) in [7, 11) is 0. The van der Waals surface area contributed by atoms with E-state index in [-0.39, 0.29) is 11.5 Å². The lowest BCUT2D eigenvalue weighted by molar-refractivity contribution is -0.0631. The van der Waals surface area contributed by atoms with Crippen LogP contribution < -0.4 is 4.74 Å². The number of ether oxygens (including phenoxy) is 2. The summed E-state index contributed by atoms with van der Waals surface area (Å²) in [6.07, 6.45) is 2.48. The zero-order valence-corrected chi connectivity index (χ0v) is 12.6. The third-order valence-corrected chi connectivity index (χ3v) is 5.40. The normalized spacial score (nSPS) is 27.3. The number of fused-ring (bicyclic) bond motifs is 3. The topological polar surface area (TPSA) is 18.5 Å². The van der Waals surface area contributed by atoms with E-state index >= 15 is 0 Å². The Morgan fingerprint density at radius 1 is 0.952 bits per heavy atom. The predicted molar refractivity (Wildman–Crippen MR) is 84.6 cm³/mol. The molecule has 0 bridgehead atoms. The van der Waals surface area contributed by atoms with Crippen LogP contribution in [0.5, 0.6) is 5.75 Å². The highest BCUT2D eigenvalue weighted by atomic mass is 32.2. The molecule has 4 rings (SSSR count). The van der Waals surface area contributed by atoms with E-state index < -0.39 is 0 Å². The highest BCUT2D eigenvalue weighted by Gasteiger charge is 2.41. The van der Waals surface area contributed by atoms with E-state index in [1.165, 1.54) is 16.9 Å².